The summed E-state index contributed by atoms with van der Waals surface area (Å²) in [6.07, 6.45) is 1.02. The Balaban J connectivity index is 2.14. The minimum atomic E-state index is -3.66. The highest BCUT2D eigenvalue weighted by atomic mass is 32.2. The Bertz CT molecular complexity index is 610. The predicted molar refractivity (Wildman–Crippen MR) is 80.0 cm³/mol. The van der Waals surface area contributed by atoms with Crippen molar-refractivity contribution in [2.24, 2.45) is 11.7 Å². The molecule has 0 bridgehead atoms. The molecule has 20 heavy (non-hydrogen) atoms. The van der Waals surface area contributed by atoms with Crippen molar-refractivity contribution in [3.8, 4) is 0 Å². The van der Waals surface area contributed by atoms with E-state index in [2.05, 4.69) is 4.72 Å². The number of carbonyl (C=O) groups is 1. The van der Waals surface area contributed by atoms with Gasteiger partial charge in [0.05, 0.1) is 5.69 Å². The topological polar surface area (TPSA) is 115 Å². The summed E-state index contributed by atoms with van der Waals surface area (Å²) in [7, 11) is -3.66. The highest BCUT2D eigenvalue weighted by molar-refractivity contribution is 7.99. The number of primary amides is 1. The molecular weight excluding hydrogens is 298 g/mol. The summed E-state index contributed by atoms with van der Waals surface area (Å²) in [5.74, 6) is 1.76. The molecule has 1 aromatic carbocycles. The first kappa shape index (κ1) is 15.1. The summed E-state index contributed by atoms with van der Waals surface area (Å²) in [5.41, 5.74) is 11.0. The maximum atomic E-state index is 12.2. The molecule has 2 rings (SSSR count). The molecule has 1 fully saturated rings. The number of hydrogen-bond donors (Lipinski definition) is 3. The first-order chi connectivity index (χ1) is 9.40. The van der Waals surface area contributed by atoms with Crippen LogP contribution in [0.3, 0.4) is 0 Å². The van der Waals surface area contributed by atoms with Gasteiger partial charge in [0.15, 0.2) is 0 Å². The van der Waals surface area contributed by atoms with E-state index in [4.69, 9.17) is 11.5 Å². The lowest BCUT2D eigenvalue weighted by atomic mass is 10.1. The molecule has 0 aliphatic carbocycles. The molecular formula is C12H17N3O3S2. The van der Waals surface area contributed by atoms with Gasteiger partial charge in [-0.25, -0.2) is 13.1 Å². The summed E-state index contributed by atoms with van der Waals surface area (Å²) >= 11 is 1.83. The Morgan fingerprint density at radius 1 is 1.45 bits per heavy atom. The minimum absolute atomic E-state index is 0.0202. The molecule has 1 amide bonds. The second-order valence-corrected chi connectivity index (χ2v) is 7.58. The second kappa shape index (κ2) is 6.02. The lowest BCUT2D eigenvalue weighted by Gasteiger charge is -2.12. The van der Waals surface area contributed by atoms with Crippen molar-refractivity contribution in [2.45, 2.75) is 11.3 Å². The van der Waals surface area contributed by atoms with Crippen molar-refractivity contribution in [3.05, 3.63) is 23.8 Å². The smallest absolute Gasteiger partial charge is 0.248 e. The summed E-state index contributed by atoms with van der Waals surface area (Å²) in [6, 6.07) is 3.95. The number of anilines is 1. The molecule has 0 spiro atoms. The van der Waals surface area contributed by atoms with Crippen molar-refractivity contribution >= 4 is 33.4 Å². The number of hydrogen-bond acceptors (Lipinski definition) is 5. The van der Waals surface area contributed by atoms with Crippen LogP contribution in [0.15, 0.2) is 23.1 Å². The van der Waals surface area contributed by atoms with Gasteiger partial charge in [-0.1, -0.05) is 0 Å². The molecule has 8 heteroatoms. The van der Waals surface area contributed by atoms with Crippen LogP contribution in [-0.2, 0) is 10.0 Å². The van der Waals surface area contributed by atoms with E-state index in [1.165, 1.54) is 18.2 Å². The molecule has 0 radical (unpaired) electrons. The fourth-order valence-electron chi connectivity index (χ4n) is 2.00. The molecule has 0 aromatic heterocycles. The lowest BCUT2D eigenvalue weighted by Crippen LogP contribution is -2.30. The predicted octanol–water partition coefficient (Wildman–Crippen LogP) is 0.399. The van der Waals surface area contributed by atoms with Crippen molar-refractivity contribution in [1.29, 1.82) is 0 Å². The van der Waals surface area contributed by atoms with E-state index in [1.54, 1.807) is 0 Å². The van der Waals surface area contributed by atoms with Crippen LogP contribution in [0.2, 0.25) is 0 Å². The second-order valence-electron chi connectivity index (χ2n) is 4.70. The van der Waals surface area contributed by atoms with Gasteiger partial charge in [0.25, 0.3) is 0 Å². The molecule has 1 aliphatic rings. The molecule has 1 aromatic rings. The Kier molecular flexibility index (Phi) is 4.56. The van der Waals surface area contributed by atoms with Gasteiger partial charge >= 0.3 is 0 Å². The summed E-state index contributed by atoms with van der Waals surface area (Å²) < 4.78 is 26.9. The fourth-order valence-corrected chi connectivity index (χ4v) is 4.51. The van der Waals surface area contributed by atoms with Gasteiger partial charge < -0.3 is 11.5 Å². The van der Waals surface area contributed by atoms with Gasteiger partial charge in [0.1, 0.15) is 4.90 Å². The maximum absolute atomic E-state index is 12.2. The SMILES string of the molecule is NC(=O)c1ccc(S(=O)(=O)NCC2CCSC2)c(N)c1. The molecule has 6 nitrogen and oxygen atoms in total. The van der Waals surface area contributed by atoms with Gasteiger partial charge in [-0.05, 0) is 42.0 Å². The Morgan fingerprint density at radius 2 is 2.20 bits per heavy atom. The zero-order valence-corrected chi connectivity index (χ0v) is 12.5. The maximum Gasteiger partial charge on any atom is 0.248 e. The first-order valence-electron chi connectivity index (χ1n) is 6.17. The van der Waals surface area contributed by atoms with E-state index in [9.17, 15) is 13.2 Å². The normalized spacial score (nSPS) is 19.1. The Morgan fingerprint density at radius 3 is 2.75 bits per heavy atom. The molecule has 110 valence electrons. The van der Waals surface area contributed by atoms with Crippen LogP contribution < -0.4 is 16.2 Å². The Labute approximate surface area is 122 Å². The first-order valence-corrected chi connectivity index (χ1v) is 8.80. The summed E-state index contributed by atoms with van der Waals surface area (Å²) in [6.45, 7) is 0.409. The molecule has 1 unspecified atom stereocenters. The largest absolute Gasteiger partial charge is 0.398 e. The van der Waals surface area contributed by atoms with Crippen LogP contribution in [0.4, 0.5) is 5.69 Å². The number of nitrogens with two attached hydrogens (primary N) is 2. The lowest BCUT2D eigenvalue weighted by molar-refractivity contribution is 0.1000. The highest BCUT2D eigenvalue weighted by Gasteiger charge is 2.22. The average molecular weight is 315 g/mol. The van der Waals surface area contributed by atoms with Crippen molar-refractivity contribution in [1.82, 2.24) is 4.72 Å². The average Bonchev–Trinajstić information content (AvgIpc) is 2.89. The number of thioether (sulfide) groups is 1. The zero-order valence-electron chi connectivity index (χ0n) is 10.8. The number of sulfonamides is 1. The number of carbonyl (C=O) groups excluding carboxylic acids is 1. The van der Waals surface area contributed by atoms with E-state index < -0.39 is 15.9 Å². The van der Waals surface area contributed by atoms with E-state index in [-0.39, 0.29) is 16.1 Å². The third kappa shape index (κ3) is 3.44. The van der Waals surface area contributed by atoms with Crippen LogP contribution in [0.5, 0.6) is 0 Å². The summed E-state index contributed by atoms with van der Waals surface area (Å²) in [5, 5.41) is 0. The van der Waals surface area contributed by atoms with E-state index in [1.807, 2.05) is 11.8 Å². The van der Waals surface area contributed by atoms with Gasteiger partial charge in [0.2, 0.25) is 15.9 Å². The highest BCUT2D eigenvalue weighted by Crippen LogP contribution is 2.24. The van der Waals surface area contributed by atoms with Crippen LogP contribution in [-0.4, -0.2) is 32.4 Å². The third-order valence-electron chi connectivity index (χ3n) is 3.17. The summed E-state index contributed by atoms with van der Waals surface area (Å²) in [4.78, 5) is 11.0. The fraction of sp³-hybridized carbons (Fsp3) is 0.417. The van der Waals surface area contributed by atoms with Crippen molar-refractivity contribution in [3.63, 3.8) is 0 Å². The monoisotopic (exact) mass is 315 g/mol. The number of nitrogens with one attached hydrogen (secondary N) is 1. The van der Waals surface area contributed by atoms with Gasteiger partial charge in [0, 0.05) is 12.1 Å². The molecule has 0 saturated carbocycles. The number of amides is 1. The van der Waals surface area contributed by atoms with Crippen LogP contribution >= 0.6 is 11.8 Å². The number of nitrogen functional groups attached to an aromatic ring is 1. The van der Waals surface area contributed by atoms with Crippen LogP contribution in [0, 0.1) is 5.92 Å². The molecule has 1 heterocycles. The van der Waals surface area contributed by atoms with Crippen molar-refractivity contribution in [2.75, 3.05) is 23.8 Å². The van der Waals surface area contributed by atoms with Crippen molar-refractivity contribution < 1.29 is 13.2 Å². The van der Waals surface area contributed by atoms with E-state index in [0.29, 0.717) is 12.5 Å². The molecule has 1 atom stereocenters. The van der Waals surface area contributed by atoms with E-state index in [0.717, 1.165) is 17.9 Å². The molecule has 5 N–H and O–H groups in total. The number of benzene rings is 1. The minimum Gasteiger partial charge on any atom is -0.398 e. The van der Waals surface area contributed by atoms with Gasteiger partial charge in [-0.3, -0.25) is 4.79 Å². The van der Waals surface area contributed by atoms with Gasteiger partial charge in [-0.15, -0.1) is 0 Å². The Hall–Kier alpha value is -1.25. The quantitative estimate of drug-likeness (QED) is 0.680. The number of rotatable bonds is 5. The standard InChI is InChI=1S/C12H17N3O3S2/c13-10-5-9(12(14)16)1-2-11(10)20(17,18)15-6-8-3-4-19-7-8/h1-2,5,8,15H,3-4,6-7,13H2,(H2,14,16). The molecule has 1 aliphatic heterocycles. The van der Waals surface area contributed by atoms with Crippen LogP contribution in [0.25, 0.3) is 0 Å². The third-order valence-corrected chi connectivity index (χ3v) is 5.90. The van der Waals surface area contributed by atoms with E-state index >= 15 is 0 Å². The van der Waals surface area contributed by atoms with Gasteiger partial charge in [-0.2, -0.15) is 11.8 Å². The van der Waals surface area contributed by atoms with Crippen LogP contribution in [0.1, 0.15) is 16.8 Å². The molecule has 1 saturated heterocycles. The zero-order chi connectivity index (χ0) is 14.8.